The second-order valence-corrected chi connectivity index (χ2v) is 11.0. The van der Waals surface area contributed by atoms with E-state index < -0.39 is 15.8 Å². The number of aromatic nitrogens is 3. The summed E-state index contributed by atoms with van der Waals surface area (Å²) in [4.78, 5) is 13.4. The second-order valence-electron chi connectivity index (χ2n) is 9.11. The Morgan fingerprint density at radius 3 is 2.79 bits per heavy atom. The lowest BCUT2D eigenvalue weighted by atomic mass is 10.1. The summed E-state index contributed by atoms with van der Waals surface area (Å²) < 4.78 is 48.6. The number of hydrogen-bond donors (Lipinski definition) is 3. The number of anilines is 2. The van der Waals surface area contributed by atoms with Crippen molar-refractivity contribution >= 4 is 32.4 Å². The second kappa shape index (κ2) is 11.3. The number of rotatable bonds is 9. The molecule has 0 unspecified atom stereocenters. The number of nitrogens with one attached hydrogen (secondary N) is 3. The highest BCUT2D eigenvalue weighted by Crippen LogP contribution is 2.38. The van der Waals surface area contributed by atoms with Crippen LogP contribution in [0.25, 0.3) is 22.0 Å². The van der Waals surface area contributed by atoms with Crippen molar-refractivity contribution in [3.05, 3.63) is 66.7 Å². The molecule has 4 aromatic rings. The predicted octanol–water partition coefficient (Wildman–Crippen LogP) is 4.94. The summed E-state index contributed by atoms with van der Waals surface area (Å²) in [5.41, 5.74) is 1.49. The van der Waals surface area contributed by atoms with Crippen LogP contribution < -0.4 is 20.1 Å². The summed E-state index contributed by atoms with van der Waals surface area (Å²) in [6.45, 7) is 3.63. The number of hydrogen-bond acceptors (Lipinski definition) is 8. The number of piperidine rings is 1. The zero-order valence-corrected chi connectivity index (χ0v) is 21.8. The highest BCUT2D eigenvalue weighted by Gasteiger charge is 2.19. The van der Waals surface area contributed by atoms with Gasteiger partial charge in [0.25, 0.3) is 0 Å². The van der Waals surface area contributed by atoms with Gasteiger partial charge in [0.1, 0.15) is 0 Å². The van der Waals surface area contributed by atoms with E-state index in [2.05, 4.69) is 30.3 Å². The number of halogens is 1. The van der Waals surface area contributed by atoms with Crippen LogP contribution in [0.15, 0.2) is 60.9 Å². The molecule has 198 valence electrons. The quantitative estimate of drug-likeness (QED) is 0.275. The summed E-state index contributed by atoms with van der Waals surface area (Å²) in [7, 11) is -3.54. The van der Waals surface area contributed by atoms with E-state index >= 15 is 4.39 Å². The maximum absolute atomic E-state index is 15.1. The fourth-order valence-electron chi connectivity index (χ4n) is 4.48. The maximum atomic E-state index is 15.1. The molecule has 0 radical (unpaired) electrons. The molecule has 0 saturated carbocycles. The zero-order valence-electron chi connectivity index (χ0n) is 20.9. The first-order valence-corrected chi connectivity index (χ1v) is 14.2. The van der Waals surface area contributed by atoms with E-state index in [1.165, 1.54) is 12.1 Å². The van der Waals surface area contributed by atoms with Gasteiger partial charge in [0.15, 0.2) is 11.6 Å². The smallest absolute Gasteiger partial charge is 0.232 e. The Kier molecular flexibility index (Phi) is 7.66. The summed E-state index contributed by atoms with van der Waals surface area (Å²) in [5.74, 6) is -0.0125. The van der Waals surface area contributed by atoms with Gasteiger partial charge >= 0.3 is 0 Å². The number of benzene rings is 2. The average Bonchev–Trinajstić information content (AvgIpc) is 2.91. The van der Waals surface area contributed by atoms with Crippen molar-refractivity contribution in [1.29, 1.82) is 0 Å². The number of pyridine rings is 1. The van der Waals surface area contributed by atoms with Gasteiger partial charge in [-0.1, -0.05) is 19.1 Å². The molecule has 0 aliphatic carbocycles. The van der Waals surface area contributed by atoms with E-state index in [9.17, 15) is 8.42 Å². The van der Waals surface area contributed by atoms with E-state index in [1.54, 1.807) is 55.7 Å². The standard InChI is InChI=1S/C27H29FN6O3S/c1-2-16-38(35,36)34-24-9-3-7-20-19(24)10-11-22(28)25(20)37-26-21(8-5-14-30-26)23-12-15-31-27(33-23)32-18-6-4-13-29-17-18/h3,5,7-12,14-15,18,29,34H,2,4,6,13,16-17H2,1H3,(H,31,32,33)/t18-/m0/s1. The third kappa shape index (κ3) is 5.84. The fraction of sp³-hybridized carbons (Fsp3) is 0.296. The molecule has 38 heavy (non-hydrogen) atoms. The Morgan fingerprint density at radius 1 is 1.08 bits per heavy atom. The minimum Gasteiger partial charge on any atom is -0.435 e. The van der Waals surface area contributed by atoms with Gasteiger partial charge in [-0.3, -0.25) is 4.72 Å². The fourth-order valence-corrected chi connectivity index (χ4v) is 5.64. The Balaban J connectivity index is 1.49. The molecule has 2 aromatic heterocycles. The first-order chi connectivity index (χ1) is 18.4. The molecule has 2 aromatic carbocycles. The third-order valence-corrected chi connectivity index (χ3v) is 7.71. The molecule has 3 N–H and O–H groups in total. The Hall–Kier alpha value is -3.83. The monoisotopic (exact) mass is 536 g/mol. The van der Waals surface area contributed by atoms with Gasteiger partial charge in [-0.05, 0) is 62.2 Å². The number of ether oxygens (including phenoxy) is 1. The summed E-state index contributed by atoms with van der Waals surface area (Å²) in [6.07, 6.45) is 5.80. The Morgan fingerprint density at radius 2 is 1.97 bits per heavy atom. The van der Waals surface area contributed by atoms with Crippen LogP contribution in [-0.4, -0.2) is 48.3 Å². The van der Waals surface area contributed by atoms with E-state index in [0.717, 1.165) is 25.9 Å². The molecule has 1 aliphatic rings. The van der Waals surface area contributed by atoms with Gasteiger partial charge < -0.3 is 15.4 Å². The molecule has 0 amide bonds. The number of sulfonamides is 1. The van der Waals surface area contributed by atoms with Crippen molar-refractivity contribution in [3.63, 3.8) is 0 Å². The minimum atomic E-state index is -3.54. The van der Waals surface area contributed by atoms with Crippen molar-refractivity contribution in [1.82, 2.24) is 20.3 Å². The Bertz CT molecular complexity index is 1540. The van der Waals surface area contributed by atoms with Crippen molar-refractivity contribution < 1.29 is 17.5 Å². The lowest BCUT2D eigenvalue weighted by molar-refractivity contribution is 0.434. The molecule has 11 heteroatoms. The maximum Gasteiger partial charge on any atom is 0.232 e. The highest BCUT2D eigenvalue weighted by molar-refractivity contribution is 7.92. The number of fused-ring (bicyclic) bond motifs is 1. The molecule has 3 heterocycles. The lowest BCUT2D eigenvalue weighted by Crippen LogP contribution is -2.38. The average molecular weight is 537 g/mol. The first kappa shape index (κ1) is 25.8. The van der Waals surface area contributed by atoms with E-state index in [1.807, 2.05) is 0 Å². The van der Waals surface area contributed by atoms with Crippen molar-refractivity contribution in [2.45, 2.75) is 32.2 Å². The van der Waals surface area contributed by atoms with Crippen molar-refractivity contribution in [2.24, 2.45) is 0 Å². The normalized spacial score (nSPS) is 15.8. The molecule has 5 rings (SSSR count). The van der Waals surface area contributed by atoms with E-state index in [-0.39, 0.29) is 23.4 Å². The molecular weight excluding hydrogens is 507 g/mol. The third-order valence-electron chi connectivity index (χ3n) is 6.23. The minimum absolute atomic E-state index is 0.0156. The zero-order chi connectivity index (χ0) is 26.5. The van der Waals surface area contributed by atoms with Crippen LogP contribution in [-0.2, 0) is 10.0 Å². The van der Waals surface area contributed by atoms with E-state index in [0.29, 0.717) is 40.1 Å². The van der Waals surface area contributed by atoms with Crippen LogP contribution in [0, 0.1) is 5.82 Å². The largest absolute Gasteiger partial charge is 0.435 e. The molecule has 1 aliphatic heterocycles. The van der Waals surface area contributed by atoms with Crippen LogP contribution in [0.1, 0.15) is 26.2 Å². The van der Waals surface area contributed by atoms with Gasteiger partial charge in [0.05, 0.1) is 22.7 Å². The van der Waals surface area contributed by atoms with Gasteiger partial charge in [-0.15, -0.1) is 0 Å². The SMILES string of the molecule is CCCS(=O)(=O)Nc1cccc2c(Oc3ncccc3-c3ccnc(N[C@H]4CCCNC4)n3)c(F)ccc12. The van der Waals surface area contributed by atoms with Gasteiger partial charge in [0, 0.05) is 35.8 Å². The van der Waals surface area contributed by atoms with Crippen LogP contribution in [0.3, 0.4) is 0 Å². The predicted molar refractivity (Wildman–Crippen MR) is 146 cm³/mol. The van der Waals surface area contributed by atoms with E-state index in [4.69, 9.17) is 4.74 Å². The first-order valence-electron chi connectivity index (χ1n) is 12.6. The molecule has 1 saturated heterocycles. The summed E-state index contributed by atoms with van der Waals surface area (Å²) in [6, 6.07) is 13.3. The highest BCUT2D eigenvalue weighted by atomic mass is 32.2. The van der Waals surface area contributed by atoms with Gasteiger partial charge in [-0.2, -0.15) is 0 Å². The van der Waals surface area contributed by atoms with Crippen molar-refractivity contribution in [2.75, 3.05) is 28.9 Å². The Labute approximate surface area is 220 Å². The lowest BCUT2D eigenvalue weighted by Gasteiger charge is -2.23. The molecule has 1 fully saturated rings. The van der Waals surface area contributed by atoms with Gasteiger partial charge in [0.2, 0.25) is 21.9 Å². The van der Waals surface area contributed by atoms with Crippen LogP contribution >= 0.6 is 0 Å². The van der Waals surface area contributed by atoms with Crippen LogP contribution in [0.5, 0.6) is 11.6 Å². The van der Waals surface area contributed by atoms with Crippen molar-refractivity contribution in [3.8, 4) is 22.9 Å². The molecule has 1 atom stereocenters. The van der Waals surface area contributed by atoms with Gasteiger partial charge in [-0.25, -0.2) is 27.8 Å². The number of nitrogens with zero attached hydrogens (tertiary/aromatic N) is 3. The molecular formula is C27H29FN6O3S. The summed E-state index contributed by atoms with van der Waals surface area (Å²) in [5, 5.41) is 7.64. The molecule has 9 nitrogen and oxygen atoms in total. The topological polar surface area (TPSA) is 118 Å². The van der Waals surface area contributed by atoms with Crippen LogP contribution in [0.4, 0.5) is 16.0 Å². The molecule has 0 spiro atoms. The van der Waals surface area contributed by atoms with Crippen LogP contribution in [0.2, 0.25) is 0 Å². The molecule has 0 bridgehead atoms. The summed E-state index contributed by atoms with van der Waals surface area (Å²) >= 11 is 0.